The summed E-state index contributed by atoms with van der Waals surface area (Å²) in [6.07, 6.45) is 5.38. The fourth-order valence-corrected chi connectivity index (χ4v) is 4.56. The van der Waals surface area contributed by atoms with Gasteiger partial charge in [0.15, 0.2) is 0 Å². The van der Waals surface area contributed by atoms with Crippen molar-refractivity contribution < 1.29 is 9.50 Å². The minimum atomic E-state index is -2.13. The number of alkyl halides is 1. The van der Waals surface area contributed by atoms with Gasteiger partial charge < -0.3 is 14.6 Å². The number of hydrogen-bond donors (Lipinski definition) is 1. The number of benzene rings is 2. The molecule has 174 valence electrons. The van der Waals surface area contributed by atoms with Gasteiger partial charge in [0.05, 0.1) is 47.4 Å². The summed E-state index contributed by atoms with van der Waals surface area (Å²) in [6, 6.07) is 17.5. The normalized spacial score (nSPS) is 16.7. The van der Waals surface area contributed by atoms with Crippen LogP contribution >= 0.6 is 11.6 Å². The summed E-state index contributed by atoms with van der Waals surface area (Å²) < 4.78 is 18.9. The van der Waals surface area contributed by atoms with E-state index in [2.05, 4.69) is 16.0 Å². The van der Waals surface area contributed by atoms with E-state index >= 15 is 4.39 Å². The summed E-state index contributed by atoms with van der Waals surface area (Å²) in [7, 11) is 3.47. The summed E-state index contributed by atoms with van der Waals surface area (Å²) in [4.78, 5) is 10.3. The number of rotatable bonds is 4. The summed E-state index contributed by atoms with van der Waals surface area (Å²) >= 11 is 6.08. The Kier molecular flexibility index (Phi) is 5.64. The smallest absolute Gasteiger partial charge is 0.219 e. The number of nitriles is 1. The third-order valence-electron chi connectivity index (χ3n) is 6.33. The van der Waals surface area contributed by atoms with Crippen LogP contribution in [0.5, 0.6) is 0 Å². The van der Waals surface area contributed by atoms with Crippen LogP contribution in [0.4, 0.5) is 10.1 Å². The minimum absolute atomic E-state index is 0.161. The lowest BCUT2D eigenvalue weighted by molar-refractivity contribution is 0.222. The van der Waals surface area contributed by atoms with Crippen LogP contribution in [0.3, 0.4) is 0 Å². The molecule has 0 bridgehead atoms. The molecular weight excluding hydrogens is 465 g/mol. The predicted octanol–water partition coefficient (Wildman–Crippen LogP) is 4.80. The molecule has 0 spiro atoms. The Hall–Kier alpha value is -3.99. The Bertz CT molecular complexity index is 1490. The first-order chi connectivity index (χ1) is 16.8. The van der Waals surface area contributed by atoms with Gasteiger partial charge in [0.2, 0.25) is 5.67 Å². The van der Waals surface area contributed by atoms with Crippen molar-refractivity contribution in [1.82, 2.24) is 14.5 Å². The molecule has 5 rings (SSSR count). The zero-order chi connectivity index (χ0) is 24.7. The number of halogens is 2. The van der Waals surface area contributed by atoms with Crippen molar-refractivity contribution in [2.24, 2.45) is 7.05 Å². The number of imidazole rings is 1. The number of likely N-dealkylation sites (N-methyl/N-ethyl adjacent to an activating group) is 1. The molecule has 35 heavy (non-hydrogen) atoms. The number of hydrogen-bond acceptors (Lipinski definition) is 5. The molecule has 0 fully saturated rings. The van der Waals surface area contributed by atoms with Gasteiger partial charge >= 0.3 is 0 Å². The largest absolute Gasteiger partial charge is 0.370 e. The molecule has 2 unspecified atom stereocenters. The van der Waals surface area contributed by atoms with Crippen molar-refractivity contribution in [3.05, 3.63) is 118 Å². The highest BCUT2D eigenvalue weighted by Crippen LogP contribution is 2.44. The van der Waals surface area contributed by atoms with Crippen LogP contribution in [0.25, 0.3) is 5.57 Å². The lowest BCUT2D eigenvalue weighted by Gasteiger charge is -2.33. The number of anilines is 1. The zero-order valence-corrected chi connectivity index (χ0v) is 19.8. The average molecular weight is 486 g/mol. The number of pyridine rings is 1. The van der Waals surface area contributed by atoms with E-state index < -0.39 is 11.9 Å². The van der Waals surface area contributed by atoms with E-state index in [0.717, 1.165) is 5.56 Å². The van der Waals surface area contributed by atoms with Crippen LogP contribution in [-0.2, 0) is 12.7 Å². The zero-order valence-electron chi connectivity index (χ0n) is 19.0. The van der Waals surface area contributed by atoms with E-state index in [9.17, 15) is 10.4 Å². The molecular formula is C27H21ClFN5O. The molecule has 0 saturated carbocycles. The monoisotopic (exact) mass is 485 g/mol. The third kappa shape index (κ3) is 3.77. The highest BCUT2D eigenvalue weighted by atomic mass is 35.5. The van der Waals surface area contributed by atoms with E-state index in [-0.39, 0.29) is 5.69 Å². The Morgan fingerprint density at radius 1 is 1.11 bits per heavy atom. The summed E-state index contributed by atoms with van der Waals surface area (Å²) in [5.41, 5.74) is 1.96. The first-order valence-electron chi connectivity index (χ1n) is 10.9. The number of aromatic nitrogens is 3. The van der Waals surface area contributed by atoms with Crippen molar-refractivity contribution in [2.45, 2.75) is 11.9 Å². The number of aliphatic hydroxyl groups excluding tert-OH is 1. The predicted molar refractivity (Wildman–Crippen MR) is 133 cm³/mol. The topological polar surface area (TPSA) is 78.0 Å². The molecule has 3 heterocycles. The molecule has 6 nitrogen and oxygen atoms in total. The molecule has 0 aliphatic carbocycles. The molecule has 2 aromatic heterocycles. The molecule has 4 aromatic rings. The van der Waals surface area contributed by atoms with Crippen molar-refractivity contribution in [2.75, 3.05) is 11.9 Å². The van der Waals surface area contributed by atoms with Crippen LogP contribution in [-0.4, -0.2) is 32.9 Å². The summed E-state index contributed by atoms with van der Waals surface area (Å²) in [6.45, 7) is 0. The second kappa shape index (κ2) is 8.66. The van der Waals surface area contributed by atoms with Crippen LogP contribution in [0.15, 0.2) is 79.4 Å². The second-order valence-corrected chi connectivity index (χ2v) is 8.88. The van der Waals surface area contributed by atoms with E-state index in [4.69, 9.17) is 11.6 Å². The van der Waals surface area contributed by atoms with E-state index in [1.54, 1.807) is 90.7 Å². The Morgan fingerprint density at radius 3 is 2.57 bits per heavy atom. The van der Waals surface area contributed by atoms with Gasteiger partial charge in [0, 0.05) is 30.2 Å². The molecule has 2 atom stereocenters. The van der Waals surface area contributed by atoms with Gasteiger partial charge in [-0.2, -0.15) is 5.26 Å². The maximum atomic E-state index is 17.3. The molecule has 1 aliphatic rings. The van der Waals surface area contributed by atoms with Gasteiger partial charge in [0.25, 0.3) is 0 Å². The third-order valence-corrected chi connectivity index (χ3v) is 6.58. The molecule has 1 aliphatic heterocycles. The van der Waals surface area contributed by atoms with Crippen molar-refractivity contribution in [3.63, 3.8) is 0 Å². The first-order valence-corrected chi connectivity index (χ1v) is 11.3. The molecule has 0 radical (unpaired) electrons. The molecule has 8 heteroatoms. The maximum Gasteiger partial charge on any atom is 0.219 e. The standard InChI is InChI=1S/C27H21ClFN5O/c1-33-16-31-15-25(33)27(29,19-6-8-20(28)9-7-19)24-11-22-21(18-5-3-4-17(10-18)13-30)12-26(35)34(2)23(22)14-32-24/h3-12,14-16,26,35H,1-2H3. The van der Waals surface area contributed by atoms with E-state index in [1.807, 2.05) is 6.07 Å². The molecule has 1 N–H and O–H groups in total. The number of nitrogens with zero attached hydrogens (tertiary/aromatic N) is 5. The number of fused-ring (bicyclic) bond motifs is 1. The fraction of sp³-hybridized carbons (Fsp3) is 0.148. The van der Waals surface area contributed by atoms with Gasteiger partial charge in [-0.3, -0.25) is 4.98 Å². The van der Waals surface area contributed by atoms with Gasteiger partial charge in [-0.25, -0.2) is 9.37 Å². The van der Waals surface area contributed by atoms with E-state index in [1.165, 1.54) is 6.20 Å². The SMILES string of the molecule is CN1c2cnc(C(F)(c3ccc(Cl)cc3)c3cncn3C)cc2C(c2cccc(C#N)c2)=CC1O. The highest BCUT2D eigenvalue weighted by molar-refractivity contribution is 6.30. The summed E-state index contributed by atoms with van der Waals surface area (Å²) in [5.74, 6) is 0. The fourth-order valence-electron chi connectivity index (χ4n) is 4.43. The number of aryl methyl sites for hydroxylation is 1. The second-order valence-electron chi connectivity index (χ2n) is 8.44. The van der Waals surface area contributed by atoms with Crippen LogP contribution in [0.1, 0.15) is 33.6 Å². The lowest BCUT2D eigenvalue weighted by atomic mass is 9.85. The Morgan fingerprint density at radius 2 is 1.89 bits per heavy atom. The van der Waals surface area contributed by atoms with Gasteiger partial charge in [0.1, 0.15) is 6.23 Å². The molecule has 2 aromatic carbocycles. The molecule has 0 amide bonds. The quantitative estimate of drug-likeness (QED) is 0.449. The van der Waals surface area contributed by atoms with E-state index in [0.29, 0.717) is 38.7 Å². The minimum Gasteiger partial charge on any atom is -0.370 e. The van der Waals surface area contributed by atoms with Gasteiger partial charge in [-0.1, -0.05) is 35.9 Å². The van der Waals surface area contributed by atoms with Gasteiger partial charge in [-0.05, 0) is 47.5 Å². The Labute approximate surface area is 207 Å². The Balaban J connectivity index is 1.75. The van der Waals surface area contributed by atoms with Gasteiger partial charge in [-0.15, -0.1) is 0 Å². The van der Waals surface area contributed by atoms with Crippen LogP contribution < -0.4 is 4.90 Å². The number of aliphatic hydroxyl groups is 1. The maximum absolute atomic E-state index is 17.3. The summed E-state index contributed by atoms with van der Waals surface area (Å²) in [5, 5.41) is 20.5. The lowest BCUT2D eigenvalue weighted by Crippen LogP contribution is -2.34. The van der Waals surface area contributed by atoms with Crippen LogP contribution in [0.2, 0.25) is 5.02 Å². The van der Waals surface area contributed by atoms with Crippen LogP contribution in [0, 0.1) is 11.3 Å². The van der Waals surface area contributed by atoms with Crippen molar-refractivity contribution >= 4 is 22.9 Å². The highest BCUT2D eigenvalue weighted by Gasteiger charge is 2.41. The van der Waals surface area contributed by atoms with Crippen molar-refractivity contribution in [1.29, 1.82) is 5.26 Å². The van der Waals surface area contributed by atoms with Crippen molar-refractivity contribution in [3.8, 4) is 6.07 Å². The molecule has 0 saturated heterocycles. The first kappa shape index (κ1) is 22.8. The average Bonchev–Trinajstić information content (AvgIpc) is 3.32.